The van der Waals surface area contributed by atoms with Gasteiger partial charge in [-0.05, 0) is 51.0 Å². The number of phenolic OH excluding ortho intramolecular Hbond substituents is 1. The van der Waals surface area contributed by atoms with E-state index in [1.807, 2.05) is 13.8 Å². The van der Waals surface area contributed by atoms with E-state index in [2.05, 4.69) is 10.6 Å². The predicted octanol–water partition coefficient (Wildman–Crippen LogP) is 0.225. The van der Waals surface area contributed by atoms with Gasteiger partial charge in [-0.3, -0.25) is 24.1 Å². The summed E-state index contributed by atoms with van der Waals surface area (Å²) in [4.78, 5) is 53.9. The molecule has 0 aliphatic heterocycles. The number of nitrogens with one attached hydrogen (secondary N) is 2. The Bertz CT molecular complexity index is 1430. The predicted molar refractivity (Wildman–Crippen MR) is 151 cm³/mol. The number of likely N-dealkylation sites (N-methyl/N-ethyl adjacent to an activating group) is 2. The number of ketones is 2. The standard InChI is InChI=1S/C29H38N4O9/c1-10(2)9-14(31-4)28(41)32-13-8-7-12-11(3)15-17(22(35)16(12)21(13)34)25(38)29(42)19(23(15)36)20(33(5)6)24(37)18(26(29)39)27(30)40/h7-8,10-11,14-15,19-20,23,31,34,36-38,42H,9H2,1-6H3,(H2,30,40)(H,32,41)/t11?,14-,15?,19?,20-,23?,29-/m0/s1. The van der Waals surface area contributed by atoms with Gasteiger partial charge in [-0.2, -0.15) is 0 Å². The highest BCUT2D eigenvalue weighted by molar-refractivity contribution is 6.25. The molecule has 13 heteroatoms. The molecule has 0 bridgehead atoms. The topological polar surface area (TPSA) is 223 Å². The minimum atomic E-state index is -3.00. The van der Waals surface area contributed by atoms with Crippen LogP contribution in [0.1, 0.15) is 49.0 Å². The number of carbonyl (C=O) groups excluding carboxylic acids is 4. The summed E-state index contributed by atoms with van der Waals surface area (Å²) in [7, 11) is 4.56. The van der Waals surface area contributed by atoms with Crippen LogP contribution in [0.4, 0.5) is 5.69 Å². The largest absolute Gasteiger partial charge is 0.510 e. The molecule has 0 saturated heterocycles. The molecule has 9 N–H and O–H groups in total. The van der Waals surface area contributed by atoms with E-state index in [1.54, 1.807) is 14.0 Å². The van der Waals surface area contributed by atoms with Crippen molar-refractivity contribution in [3.05, 3.63) is 45.9 Å². The van der Waals surface area contributed by atoms with Crippen LogP contribution in [0.25, 0.3) is 0 Å². The lowest BCUT2D eigenvalue weighted by atomic mass is 9.55. The number of nitrogens with zero attached hydrogens (tertiary/aromatic N) is 1. The summed E-state index contributed by atoms with van der Waals surface area (Å²) in [6, 6.07) is 1.02. The zero-order valence-corrected chi connectivity index (χ0v) is 24.3. The van der Waals surface area contributed by atoms with E-state index in [4.69, 9.17) is 5.73 Å². The van der Waals surface area contributed by atoms with E-state index in [0.29, 0.717) is 12.0 Å². The number of phenols is 1. The monoisotopic (exact) mass is 586 g/mol. The Labute approximate surface area is 242 Å². The Balaban J connectivity index is 1.89. The molecule has 4 unspecified atom stereocenters. The number of anilines is 1. The molecule has 4 rings (SSSR count). The van der Waals surface area contributed by atoms with Crippen LogP contribution in [0.2, 0.25) is 0 Å². The van der Waals surface area contributed by atoms with Gasteiger partial charge >= 0.3 is 0 Å². The third-order valence-electron chi connectivity index (χ3n) is 8.76. The number of nitrogens with two attached hydrogens (primary N) is 1. The van der Waals surface area contributed by atoms with Crippen LogP contribution in [0.15, 0.2) is 34.8 Å². The van der Waals surface area contributed by atoms with Gasteiger partial charge in [0.25, 0.3) is 5.91 Å². The molecule has 0 radical (unpaired) electrons. The van der Waals surface area contributed by atoms with Gasteiger partial charge in [0.1, 0.15) is 17.1 Å². The second kappa shape index (κ2) is 10.8. The van der Waals surface area contributed by atoms with Crippen molar-refractivity contribution in [1.82, 2.24) is 10.2 Å². The third-order valence-corrected chi connectivity index (χ3v) is 8.76. The first kappa shape index (κ1) is 31.2. The Morgan fingerprint density at radius 2 is 1.76 bits per heavy atom. The summed E-state index contributed by atoms with van der Waals surface area (Å²) in [5, 5.41) is 62.5. The molecule has 0 saturated carbocycles. The molecule has 1 aromatic rings. The quantitative estimate of drug-likeness (QED) is 0.159. The van der Waals surface area contributed by atoms with Gasteiger partial charge in [0, 0.05) is 11.5 Å². The number of primary amides is 1. The lowest BCUT2D eigenvalue weighted by molar-refractivity contribution is -0.162. The van der Waals surface area contributed by atoms with Gasteiger partial charge in [0.05, 0.1) is 35.4 Å². The van der Waals surface area contributed by atoms with Crippen molar-refractivity contribution in [2.24, 2.45) is 23.5 Å². The summed E-state index contributed by atoms with van der Waals surface area (Å²) in [5.41, 5.74) is 0.810. The first-order chi connectivity index (χ1) is 19.5. The minimum absolute atomic E-state index is 0.0694. The average Bonchev–Trinajstić information content (AvgIpc) is 2.90. The molecule has 0 heterocycles. The maximum Gasteiger partial charge on any atom is 0.255 e. The Morgan fingerprint density at radius 1 is 1.14 bits per heavy atom. The first-order valence-electron chi connectivity index (χ1n) is 13.7. The van der Waals surface area contributed by atoms with Gasteiger partial charge in [-0.15, -0.1) is 0 Å². The molecule has 42 heavy (non-hydrogen) atoms. The van der Waals surface area contributed by atoms with E-state index in [1.165, 1.54) is 31.1 Å². The fourth-order valence-corrected chi connectivity index (χ4v) is 6.77. The number of aromatic hydroxyl groups is 1. The van der Waals surface area contributed by atoms with Crippen molar-refractivity contribution in [2.75, 3.05) is 26.5 Å². The van der Waals surface area contributed by atoms with Crippen molar-refractivity contribution in [3.63, 3.8) is 0 Å². The van der Waals surface area contributed by atoms with Crippen LogP contribution in [0, 0.1) is 17.8 Å². The highest BCUT2D eigenvalue weighted by atomic mass is 16.4. The zero-order chi connectivity index (χ0) is 31.6. The second-order valence-electron chi connectivity index (χ2n) is 11.9. The highest BCUT2D eigenvalue weighted by Gasteiger charge is 2.67. The third kappa shape index (κ3) is 4.39. The number of benzene rings is 1. The molecule has 7 atom stereocenters. The van der Waals surface area contributed by atoms with Gasteiger partial charge in [0.15, 0.2) is 17.1 Å². The Kier molecular flexibility index (Phi) is 8.02. The van der Waals surface area contributed by atoms with Crippen LogP contribution < -0.4 is 16.4 Å². The van der Waals surface area contributed by atoms with Crippen LogP contribution in [-0.4, -0.2) is 98.7 Å². The van der Waals surface area contributed by atoms with Crippen LogP contribution in [0.3, 0.4) is 0 Å². The fraction of sp³-hybridized carbons (Fsp3) is 0.517. The van der Waals surface area contributed by atoms with E-state index < -0.39 is 93.3 Å². The maximum atomic E-state index is 14.0. The molecule has 0 fully saturated rings. The molecule has 13 nitrogen and oxygen atoms in total. The molecule has 3 aliphatic rings. The van der Waals surface area contributed by atoms with Crippen molar-refractivity contribution >= 4 is 29.1 Å². The number of amides is 2. The smallest absolute Gasteiger partial charge is 0.255 e. The van der Waals surface area contributed by atoms with E-state index in [9.17, 15) is 44.7 Å². The summed E-state index contributed by atoms with van der Waals surface area (Å²) in [6.07, 6.45) is -1.18. The van der Waals surface area contributed by atoms with Crippen molar-refractivity contribution < 1.29 is 44.7 Å². The van der Waals surface area contributed by atoms with Crippen molar-refractivity contribution in [1.29, 1.82) is 0 Å². The molecule has 1 aromatic carbocycles. The van der Waals surface area contributed by atoms with E-state index >= 15 is 0 Å². The van der Waals surface area contributed by atoms with Crippen molar-refractivity contribution in [2.45, 2.75) is 56.9 Å². The number of Topliss-reactive ketones (excluding diaryl/α,β-unsaturated/α-hetero) is 2. The van der Waals surface area contributed by atoms with Crippen LogP contribution >= 0.6 is 0 Å². The molecule has 0 spiro atoms. The van der Waals surface area contributed by atoms with Crippen LogP contribution in [0.5, 0.6) is 5.75 Å². The maximum absolute atomic E-state index is 14.0. The molecule has 2 amide bonds. The molecule has 228 valence electrons. The number of fused-ring (bicyclic) bond motifs is 3. The number of aliphatic hydroxyl groups excluding tert-OH is 3. The molecule has 3 aliphatic carbocycles. The Hall–Kier alpha value is -3.78. The summed E-state index contributed by atoms with van der Waals surface area (Å²) >= 11 is 0. The SMILES string of the molecule is CN[C@@H](CC(C)C)C(=O)Nc1ccc2c(c1O)C(=O)C1=C(O)[C@]3(O)C(=O)C(C(N)=O)=C(O)[C@@H](N(C)C)C3C(O)C1C2C. The molecular weight excluding hydrogens is 548 g/mol. The number of rotatable bonds is 7. The van der Waals surface area contributed by atoms with E-state index in [-0.39, 0.29) is 17.2 Å². The van der Waals surface area contributed by atoms with Crippen LogP contribution in [-0.2, 0) is 14.4 Å². The minimum Gasteiger partial charge on any atom is -0.510 e. The van der Waals surface area contributed by atoms with Gasteiger partial charge in [0.2, 0.25) is 11.7 Å². The zero-order valence-electron chi connectivity index (χ0n) is 24.3. The Morgan fingerprint density at radius 3 is 2.29 bits per heavy atom. The first-order valence-corrected chi connectivity index (χ1v) is 13.7. The van der Waals surface area contributed by atoms with Gasteiger partial charge in [-0.1, -0.05) is 26.8 Å². The summed E-state index contributed by atoms with van der Waals surface area (Å²) in [6.45, 7) is 5.53. The van der Waals surface area contributed by atoms with E-state index in [0.717, 1.165) is 0 Å². The van der Waals surface area contributed by atoms with Crippen molar-refractivity contribution in [3.8, 4) is 5.75 Å². The number of hydrogen-bond acceptors (Lipinski definition) is 11. The summed E-state index contributed by atoms with van der Waals surface area (Å²) in [5.74, 6) is -10.0. The normalized spacial score (nSPS) is 29.8. The second-order valence-corrected chi connectivity index (χ2v) is 11.9. The average molecular weight is 587 g/mol. The number of carbonyl (C=O) groups is 4. The fourth-order valence-electron chi connectivity index (χ4n) is 6.77. The lowest BCUT2D eigenvalue weighted by Gasteiger charge is -2.53. The highest BCUT2D eigenvalue weighted by Crippen LogP contribution is 2.56. The molecule has 0 aromatic heterocycles. The lowest BCUT2D eigenvalue weighted by Crippen LogP contribution is -2.68. The van der Waals surface area contributed by atoms with Gasteiger partial charge in [-0.25, -0.2) is 0 Å². The number of hydrogen-bond donors (Lipinski definition) is 8. The molecular formula is C29H38N4O9. The summed E-state index contributed by atoms with van der Waals surface area (Å²) < 4.78 is 0. The van der Waals surface area contributed by atoms with Gasteiger partial charge < -0.3 is 41.9 Å². The number of aliphatic hydroxyl groups is 4.